The zero-order valence-electron chi connectivity index (χ0n) is 27.0. The molecule has 1 amide bonds. The normalized spacial score (nSPS) is 18.8. The smallest absolute Gasteiger partial charge is 0.359 e. The van der Waals surface area contributed by atoms with Crippen molar-refractivity contribution in [2.45, 2.75) is 69.1 Å². The Bertz CT molecular complexity index is 1650. The second kappa shape index (κ2) is 13.9. The van der Waals surface area contributed by atoms with Gasteiger partial charge in [0.05, 0.1) is 21.7 Å². The van der Waals surface area contributed by atoms with Crippen LogP contribution in [0.3, 0.4) is 0 Å². The predicted octanol–water partition coefficient (Wildman–Crippen LogP) is 9.02. The van der Waals surface area contributed by atoms with Crippen LogP contribution in [0.2, 0.25) is 13.1 Å². The number of aliphatic hydroxyl groups is 1. The number of likely N-dealkylation sites (tertiary alicyclic amines) is 1. The molecule has 1 saturated heterocycles. The molecule has 1 aliphatic rings. The molecule has 0 aliphatic carbocycles. The van der Waals surface area contributed by atoms with Crippen molar-refractivity contribution in [3.05, 3.63) is 108 Å². The Balaban J connectivity index is 1.51. The first-order chi connectivity index (χ1) is 21.8. The predicted molar refractivity (Wildman–Crippen MR) is 190 cm³/mol. The number of rotatable bonds is 11. The fourth-order valence-corrected chi connectivity index (χ4v) is 10.9. The largest absolute Gasteiger partial charge is 0.510 e. The van der Waals surface area contributed by atoms with E-state index in [-0.39, 0.29) is 17.4 Å². The van der Waals surface area contributed by atoms with Gasteiger partial charge in [-0.1, -0.05) is 104 Å². The zero-order chi connectivity index (χ0) is 33.2. The van der Waals surface area contributed by atoms with Crippen LogP contribution in [0.1, 0.15) is 51.8 Å². The molecule has 5 rings (SSSR count). The summed E-state index contributed by atoms with van der Waals surface area (Å²) in [6.07, 6.45) is -0.742. The van der Waals surface area contributed by atoms with Gasteiger partial charge < -0.3 is 14.3 Å². The molecule has 7 nitrogen and oxygen atoms in total. The quantitative estimate of drug-likeness (QED) is 0.0416. The number of β-lactam (4-membered cyclic amide) rings is 1. The third kappa shape index (κ3) is 6.94. The molecule has 1 radical (unpaired) electrons. The molecule has 241 valence electrons. The number of aliphatic hydroxyl groups excluding tert-OH is 1. The maximum Gasteiger partial charge on any atom is 0.359 e. The van der Waals surface area contributed by atoms with E-state index < -0.39 is 43.4 Å². The molecule has 0 bridgehead atoms. The first-order valence-electron chi connectivity index (χ1n) is 15.0. The second-order valence-electron chi connectivity index (χ2n) is 12.6. The molecule has 0 spiro atoms. The molecular weight excluding hydrogens is 653 g/mol. The van der Waals surface area contributed by atoms with Crippen LogP contribution in [0.25, 0.3) is 10.2 Å². The van der Waals surface area contributed by atoms with E-state index in [0.717, 1.165) is 25.7 Å². The highest BCUT2D eigenvalue weighted by molar-refractivity contribution is 8.77. The highest BCUT2D eigenvalue weighted by atomic mass is 33.1. The number of hydrogen-bond acceptors (Lipinski definition) is 9. The molecular formula is C35H39N2O5S3Si. The molecule has 46 heavy (non-hydrogen) atoms. The minimum atomic E-state index is -1.22. The number of benzene rings is 3. The van der Waals surface area contributed by atoms with Crippen LogP contribution >= 0.6 is 32.9 Å². The molecule has 3 atom stereocenters. The highest BCUT2D eigenvalue weighted by Gasteiger charge is 2.63. The number of nitrogens with zero attached hydrogens (tertiary/aromatic N) is 2. The van der Waals surface area contributed by atoms with Gasteiger partial charge in [-0.3, -0.25) is 9.69 Å². The third-order valence-electron chi connectivity index (χ3n) is 8.24. The lowest BCUT2D eigenvalue weighted by Gasteiger charge is -2.57. The number of aromatic nitrogens is 1. The summed E-state index contributed by atoms with van der Waals surface area (Å²) in [7, 11) is 1.68. The van der Waals surface area contributed by atoms with E-state index in [2.05, 4.69) is 33.9 Å². The average Bonchev–Trinajstić information content (AvgIpc) is 3.43. The number of amides is 1. The minimum Gasteiger partial charge on any atom is -0.510 e. The van der Waals surface area contributed by atoms with Gasteiger partial charge in [-0.15, -0.1) is 11.3 Å². The fraction of sp³-hybridized carbons (Fsp3) is 0.343. The Hall–Kier alpha value is -3.09. The monoisotopic (exact) mass is 691 g/mol. The van der Waals surface area contributed by atoms with E-state index in [1.807, 2.05) is 91.9 Å². The number of hydrogen-bond donors (Lipinski definition) is 1. The van der Waals surface area contributed by atoms with Crippen molar-refractivity contribution in [3.8, 4) is 0 Å². The summed E-state index contributed by atoms with van der Waals surface area (Å²) in [6, 6.07) is 26.8. The first kappa shape index (κ1) is 34.2. The molecule has 4 aromatic rings. The number of fused-ring (bicyclic) bond motifs is 1. The second-order valence-corrected chi connectivity index (χ2v) is 18.2. The Morgan fingerprint density at radius 3 is 2.04 bits per heavy atom. The van der Waals surface area contributed by atoms with Crippen LogP contribution < -0.4 is 0 Å². The Morgan fingerprint density at radius 1 is 0.957 bits per heavy atom. The lowest BCUT2D eigenvalue weighted by Crippen LogP contribution is -2.70. The maximum absolute atomic E-state index is 14.3. The zero-order valence-corrected chi connectivity index (χ0v) is 30.5. The third-order valence-corrected chi connectivity index (χ3v) is 13.1. The van der Waals surface area contributed by atoms with Crippen molar-refractivity contribution in [2.75, 3.05) is 0 Å². The van der Waals surface area contributed by atoms with Gasteiger partial charge in [-0.2, -0.15) is 0 Å². The standard InChI is InChI=1S/C35H39N2O5S3Si/c1-22(38)28(32(40)41-29(23-16-10-8-11-17-23)24-18-12-9-13-19-24)37-30(39)27(35(5,34(2,3)4)42-46(6)7)31(37)44-45-33-36-25-20-14-15-21-26(25)43-33/h8-21,27,29,31,38H,1-7H3/b28-22+/t27?,31?,35-/m0/s1. The number of para-hydroxylation sites is 1. The van der Waals surface area contributed by atoms with Crippen molar-refractivity contribution in [1.29, 1.82) is 0 Å². The van der Waals surface area contributed by atoms with Crippen molar-refractivity contribution in [1.82, 2.24) is 9.88 Å². The SMILES string of the molecule is C/C(O)=C(/C(=O)OC(c1ccccc1)c1ccccc1)N1C(=O)C([C@](C)(O[Si](C)C)C(C)(C)C)C1SSc1nc2ccccc2s1. The van der Waals surface area contributed by atoms with Gasteiger partial charge in [0.2, 0.25) is 14.9 Å². The summed E-state index contributed by atoms with van der Waals surface area (Å²) in [5.74, 6) is -1.96. The van der Waals surface area contributed by atoms with E-state index in [4.69, 9.17) is 14.1 Å². The van der Waals surface area contributed by atoms with Crippen molar-refractivity contribution in [2.24, 2.45) is 11.3 Å². The van der Waals surface area contributed by atoms with Crippen LogP contribution in [-0.2, 0) is 18.8 Å². The fourth-order valence-electron chi connectivity index (χ4n) is 5.56. The van der Waals surface area contributed by atoms with Gasteiger partial charge in [-0.25, -0.2) is 9.78 Å². The number of ether oxygens (including phenoxy) is 1. The van der Waals surface area contributed by atoms with E-state index in [1.165, 1.54) is 33.4 Å². The van der Waals surface area contributed by atoms with E-state index in [1.54, 1.807) is 11.3 Å². The average molecular weight is 692 g/mol. The number of carbonyl (C=O) groups is 2. The molecule has 1 fully saturated rings. The number of carbonyl (C=O) groups excluding carboxylic acids is 2. The van der Waals surface area contributed by atoms with Gasteiger partial charge in [0.1, 0.15) is 11.1 Å². The maximum atomic E-state index is 14.3. The Morgan fingerprint density at radius 2 is 1.52 bits per heavy atom. The van der Waals surface area contributed by atoms with Gasteiger partial charge in [0.25, 0.3) is 0 Å². The van der Waals surface area contributed by atoms with Crippen LogP contribution in [0.5, 0.6) is 0 Å². The van der Waals surface area contributed by atoms with Gasteiger partial charge in [0.15, 0.2) is 16.1 Å². The van der Waals surface area contributed by atoms with Gasteiger partial charge in [0, 0.05) is 0 Å². The van der Waals surface area contributed by atoms with E-state index in [9.17, 15) is 14.7 Å². The number of allylic oxidation sites excluding steroid dienone is 1. The van der Waals surface area contributed by atoms with Crippen molar-refractivity contribution >= 4 is 64.1 Å². The lowest BCUT2D eigenvalue weighted by molar-refractivity contribution is -0.176. The van der Waals surface area contributed by atoms with Crippen LogP contribution in [0.4, 0.5) is 0 Å². The molecule has 0 saturated carbocycles. The molecule has 1 aromatic heterocycles. The molecule has 11 heteroatoms. The van der Waals surface area contributed by atoms with E-state index >= 15 is 0 Å². The Labute approximate surface area is 284 Å². The minimum absolute atomic E-state index is 0.171. The summed E-state index contributed by atoms with van der Waals surface area (Å²) in [4.78, 5) is 34.6. The van der Waals surface area contributed by atoms with E-state index in [0.29, 0.717) is 0 Å². The molecule has 1 N–H and O–H groups in total. The van der Waals surface area contributed by atoms with Gasteiger partial charge in [-0.05, 0) is 66.4 Å². The van der Waals surface area contributed by atoms with Crippen molar-refractivity contribution in [3.63, 3.8) is 0 Å². The topological polar surface area (TPSA) is 89.0 Å². The van der Waals surface area contributed by atoms with Crippen LogP contribution in [0.15, 0.2) is 101 Å². The van der Waals surface area contributed by atoms with Crippen LogP contribution in [-0.4, -0.2) is 46.9 Å². The van der Waals surface area contributed by atoms with Crippen LogP contribution in [0, 0.1) is 11.3 Å². The Kier molecular flexibility index (Phi) is 10.4. The summed E-state index contributed by atoms with van der Waals surface area (Å²) in [6.45, 7) is 13.7. The van der Waals surface area contributed by atoms with Crippen molar-refractivity contribution < 1.29 is 23.9 Å². The number of esters is 1. The lowest BCUT2D eigenvalue weighted by atomic mass is 9.66. The summed E-state index contributed by atoms with van der Waals surface area (Å²) >= 11 is 1.57. The van der Waals surface area contributed by atoms with Gasteiger partial charge >= 0.3 is 5.97 Å². The summed E-state index contributed by atoms with van der Waals surface area (Å²) in [5.41, 5.74) is 1.02. The summed E-state index contributed by atoms with van der Waals surface area (Å²) < 4.78 is 14.7. The first-order valence-corrected chi connectivity index (χ1v) is 20.5. The molecule has 2 unspecified atom stereocenters. The highest BCUT2D eigenvalue weighted by Crippen LogP contribution is 2.55. The molecule has 2 heterocycles. The molecule has 1 aliphatic heterocycles. The molecule has 3 aromatic carbocycles. The summed E-state index contributed by atoms with van der Waals surface area (Å²) in [5, 5.41) is 10.5. The number of thiazole rings is 1.